The summed E-state index contributed by atoms with van der Waals surface area (Å²) in [5, 5.41) is 16.6. The maximum absolute atomic E-state index is 11.3. The molecule has 2 atom stereocenters. The van der Waals surface area contributed by atoms with E-state index in [2.05, 4.69) is 10.1 Å². The lowest BCUT2D eigenvalue weighted by atomic mass is 10.1. The zero-order chi connectivity index (χ0) is 12.0. The highest BCUT2D eigenvalue weighted by Crippen LogP contribution is 2.15. The van der Waals surface area contributed by atoms with Crippen molar-refractivity contribution in [2.45, 2.75) is 25.5 Å². The molecule has 1 aromatic heterocycles. The van der Waals surface area contributed by atoms with Crippen LogP contribution in [0.4, 0.5) is 0 Å². The Morgan fingerprint density at radius 2 is 2.44 bits per heavy atom. The molecular formula is C11H17NO3S. The van der Waals surface area contributed by atoms with Gasteiger partial charge in [-0.1, -0.05) is 6.92 Å². The van der Waals surface area contributed by atoms with Gasteiger partial charge in [0.05, 0.1) is 13.2 Å². The maximum atomic E-state index is 11.3. The Morgan fingerprint density at radius 3 is 2.94 bits per heavy atom. The minimum Gasteiger partial charge on any atom is -0.468 e. The van der Waals surface area contributed by atoms with Crippen molar-refractivity contribution < 1.29 is 14.6 Å². The Hall–Kier alpha value is -0.910. The van der Waals surface area contributed by atoms with Gasteiger partial charge in [0, 0.05) is 6.54 Å². The zero-order valence-corrected chi connectivity index (χ0v) is 10.3. The van der Waals surface area contributed by atoms with E-state index in [0.717, 1.165) is 5.56 Å². The second-order valence-corrected chi connectivity index (χ2v) is 4.24. The topological polar surface area (TPSA) is 58.6 Å². The highest BCUT2D eigenvalue weighted by Gasteiger charge is 2.18. The molecule has 1 rings (SSSR count). The number of hydrogen-bond acceptors (Lipinski definition) is 5. The molecule has 0 spiro atoms. The summed E-state index contributed by atoms with van der Waals surface area (Å²) < 4.78 is 4.65. The Morgan fingerprint density at radius 1 is 1.69 bits per heavy atom. The Kier molecular flexibility index (Phi) is 5.45. The van der Waals surface area contributed by atoms with E-state index in [4.69, 9.17) is 0 Å². The number of rotatable bonds is 6. The number of aliphatic hydroxyl groups excluding tert-OH is 1. The van der Waals surface area contributed by atoms with Gasteiger partial charge >= 0.3 is 5.97 Å². The molecule has 2 N–H and O–H groups in total. The summed E-state index contributed by atoms with van der Waals surface area (Å²) in [5.41, 5.74) is 0.872. The van der Waals surface area contributed by atoms with E-state index in [0.29, 0.717) is 13.0 Å². The van der Waals surface area contributed by atoms with E-state index >= 15 is 0 Å². The van der Waals surface area contributed by atoms with Gasteiger partial charge < -0.3 is 15.2 Å². The van der Waals surface area contributed by atoms with Gasteiger partial charge in [-0.15, -0.1) is 0 Å². The van der Waals surface area contributed by atoms with E-state index in [1.54, 1.807) is 0 Å². The van der Waals surface area contributed by atoms with Crippen LogP contribution >= 0.6 is 11.3 Å². The number of hydrogen-bond donors (Lipinski definition) is 2. The summed E-state index contributed by atoms with van der Waals surface area (Å²) in [6.45, 7) is 2.25. The van der Waals surface area contributed by atoms with Crippen LogP contribution in [0.1, 0.15) is 25.0 Å². The Bertz CT molecular complexity index is 313. The third-order valence-electron chi connectivity index (χ3n) is 2.38. The lowest BCUT2D eigenvalue weighted by Crippen LogP contribution is -2.39. The van der Waals surface area contributed by atoms with Crippen molar-refractivity contribution in [3.05, 3.63) is 22.4 Å². The van der Waals surface area contributed by atoms with E-state index in [9.17, 15) is 9.90 Å². The molecule has 0 aliphatic carbocycles. The van der Waals surface area contributed by atoms with Crippen molar-refractivity contribution in [1.82, 2.24) is 5.32 Å². The summed E-state index contributed by atoms with van der Waals surface area (Å²) in [4.78, 5) is 11.3. The first-order valence-electron chi connectivity index (χ1n) is 5.20. The molecule has 0 radical (unpaired) electrons. The molecule has 0 saturated carbocycles. The third-order valence-corrected chi connectivity index (χ3v) is 3.08. The minimum atomic E-state index is -0.579. The van der Waals surface area contributed by atoms with Crippen molar-refractivity contribution in [2.24, 2.45) is 0 Å². The lowest BCUT2D eigenvalue weighted by molar-refractivity contribution is -0.143. The third kappa shape index (κ3) is 3.59. The molecule has 0 aliphatic rings. The largest absolute Gasteiger partial charge is 0.468 e. The molecule has 0 aliphatic heterocycles. The van der Waals surface area contributed by atoms with Crippen LogP contribution < -0.4 is 5.32 Å². The lowest BCUT2D eigenvalue weighted by Gasteiger charge is -2.16. The quantitative estimate of drug-likeness (QED) is 0.740. The van der Waals surface area contributed by atoms with Gasteiger partial charge in [0.2, 0.25) is 0 Å². The smallest absolute Gasteiger partial charge is 0.322 e. The fourth-order valence-electron chi connectivity index (χ4n) is 1.37. The highest BCUT2D eigenvalue weighted by atomic mass is 32.1. The van der Waals surface area contributed by atoms with Gasteiger partial charge in [-0.3, -0.25) is 4.79 Å². The van der Waals surface area contributed by atoms with Crippen LogP contribution in [0.15, 0.2) is 16.8 Å². The number of carbonyl (C=O) groups is 1. The van der Waals surface area contributed by atoms with Crippen LogP contribution in [0, 0.1) is 0 Å². The molecule has 0 fully saturated rings. The summed E-state index contributed by atoms with van der Waals surface area (Å²) >= 11 is 1.54. The van der Waals surface area contributed by atoms with Crippen LogP contribution in [-0.4, -0.2) is 30.8 Å². The van der Waals surface area contributed by atoms with Gasteiger partial charge in [0.1, 0.15) is 6.04 Å². The van der Waals surface area contributed by atoms with Gasteiger partial charge in [-0.2, -0.15) is 11.3 Å². The number of ether oxygens (including phenoxy) is 1. The summed E-state index contributed by atoms with van der Waals surface area (Å²) in [7, 11) is 1.36. The van der Waals surface area contributed by atoms with Crippen LogP contribution in [0.2, 0.25) is 0 Å². The normalized spacial score (nSPS) is 14.4. The molecule has 1 heterocycles. The van der Waals surface area contributed by atoms with Gasteiger partial charge in [-0.05, 0) is 28.8 Å². The average molecular weight is 243 g/mol. The summed E-state index contributed by atoms with van der Waals surface area (Å²) in [6.07, 6.45) is 0.0632. The van der Waals surface area contributed by atoms with Crippen molar-refractivity contribution in [2.75, 3.05) is 13.7 Å². The number of esters is 1. The fourth-order valence-corrected chi connectivity index (χ4v) is 2.08. The summed E-state index contributed by atoms with van der Waals surface area (Å²) in [5.74, 6) is -0.292. The van der Waals surface area contributed by atoms with Gasteiger partial charge in [0.15, 0.2) is 0 Å². The molecular weight excluding hydrogens is 226 g/mol. The summed E-state index contributed by atoms with van der Waals surface area (Å²) in [6, 6.07) is 1.52. The number of carbonyl (C=O) groups excluding carboxylic acids is 1. The van der Waals surface area contributed by atoms with E-state index < -0.39 is 6.10 Å². The molecule has 0 amide bonds. The van der Waals surface area contributed by atoms with Crippen LogP contribution in [-0.2, 0) is 9.53 Å². The van der Waals surface area contributed by atoms with Gasteiger partial charge in [0.25, 0.3) is 0 Å². The van der Waals surface area contributed by atoms with Crippen molar-refractivity contribution >= 4 is 17.3 Å². The zero-order valence-electron chi connectivity index (χ0n) is 9.47. The Balaban J connectivity index is 2.41. The first-order valence-corrected chi connectivity index (χ1v) is 6.14. The van der Waals surface area contributed by atoms with E-state index in [1.807, 2.05) is 23.8 Å². The molecule has 16 heavy (non-hydrogen) atoms. The second-order valence-electron chi connectivity index (χ2n) is 3.46. The SMILES string of the molecule is CCC(NCC(O)c1ccsc1)C(=O)OC. The van der Waals surface area contributed by atoms with Crippen LogP contribution in [0.25, 0.3) is 0 Å². The van der Waals surface area contributed by atoms with Crippen molar-refractivity contribution in [3.8, 4) is 0 Å². The standard InChI is InChI=1S/C11H17NO3S/c1-3-9(11(14)15-2)12-6-10(13)8-4-5-16-7-8/h4-5,7,9-10,12-13H,3,6H2,1-2H3. The minimum absolute atomic E-state index is 0.292. The van der Waals surface area contributed by atoms with Crippen molar-refractivity contribution in [1.29, 1.82) is 0 Å². The van der Waals surface area contributed by atoms with Crippen LogP contribution in [0.5, 0.6) is 0 Å². The second kappa shape index (κ2) is 6.62. The first kappa shape index (κ1) is 13.2. The molecule has 2 unspecified atom stereocenters. The number of thiophene rings is 1. The molecule has 90 valence electrons. The van der Waals surface area contributed by atoms with E-state index in [-0.39, 0.29) is 12.0 Å². The molecule has 0 aromatic carbocycles. The monoisotopic (exact) mass is 243 g/mol. The first-order chi connectivity index (χ1) is 7.69. The molecule has 4 nitrogen and oxygen atoms in total. The average Bonchev–Trinajstić information content (AvgIpc) is 2.82. The number of methoxy groups -OCH3 is 1. The molecule has 5 heteroatoms. The van der Waals surface area contributed by atoms with Crippen molar-refractivity contribution in [3.63, 3.8) is 0 Å². The molecule has 0 saturated heterocycles. The molecule has 0 bridgehead atoms. The molecule has 1 aromatic rings. The van der Waals surface area contributed by atoms with Crippen LogP contribution in [0.3, 0.4) is 0 Å². The fraction of sp³-hybridized carbons (Fsp3) is 0.545. The number of nitrogens with one attached hydrogen (secondary N) is 1. The van der Waals surface area contributed by atoms with Gasteiger partial charge in [-0.25, -0.2) is 0 Å². The predicted octanol–water partition coefficient (Wildman–Crippen LogP) is 1.32. The Labute approximate surface area is 99.2 Å². The van der Waals surface area contributed by atoms with E-state index in [1.165, 1.54) is 18.4 Å². The number of aliphatic hydroxyl groups is 1. The highest BCUT2D eigenvalue weighted by molar-refractivity contribution is 7.07. The maximum Gasteiger partial charge on any atom is 0.322 e. The predicted molar refractivity (Wildman–Crippen MR) is 63.4 cm³/mol.